The normalized spacial score (nSPS) is 50.6. The van der Waals surface area contributed by atoms with Gasteiger partial charge in [-0.25, -0.2) is 0 Å². The maximum absolute atomic E-state index is 12.5. The van der Waals surface area contributed by atoms with Crippen LogP contribution in [-0.2, 0) is 14.3 Å². The van der Waals surface area contributed by atoms with Crippen LogP contribution in [0, 0.1) is 34.5 Å². The average molecular weight is 332 g/mol. The Morgan fingerprint density at radius 1 is 1.04 bits per heavy atom. The fourth-order valence-corrected chi connectivity index (χ4v) is 7.33. The van der Waals surface area contributed by atoms with Gasteiger partial charge in [0.25, 0.3) is 0 Å². The van der Waals surface area contributed by atoms with Gasteiger partial charge in [-0.3, -0.25) is 9.59 Å². The Morgan fingerprint density at radius 3 is 2.58 bits per heavy atom. The van der Waals surface area contributed by atoms with Crippen molar-refractivity contribution in [2.75, 3.05) is 0 Å². The van der Waals surface area contributed by atoms with E-state index in [2.05, 4.69) is 13.8 Å². The van der Waals surface area contributed by atoms with Crippen LogP contribution in [0.4, 0.5) is 0 Å². The first-order valence-electron chi connectivity index (χ1n) is 10.0. The number of carbonyl (C=O) groups excluding carboxylic acids is 2. The zero-order valence-electron chi connectivity index (χ0n) is 15.5. The first kappa shape index (κ1) is 16.6. The zero-order valence-corrected chi connectivity index (χ0v) is 15.5. The number of ketones is 1. The Hall–Kier alpha value is -0.860. The van der Waals surface area contributed by atoms with E-state index in [9.17, 15) is 9.59 Å². The van der Waals surface area contributed by atoms with E-state index in [0.717, 1.165) is 43.9 Å². The summed E-state index contributed by atoms with van der Waals surface area (Å²) < 4.78 is 5.54. The fraction of sp³-hybridized carbons (Fsp3) is 0.905. The number of rotatable bonds is 1. The van der Waals surface area contributed by atoms with Crippen molar-refractivity contribution in [1.29, 1.82) is 0 Å². The van der Waals surface area contributed by atoms with Crippen molar-refractivity contribution in [3.63, 3.8) is 0 Å². The summed E-state index contributed by atoms with van der Waals surface area (Å²) in [6, 6.07) is 0. The minimum atomic E-state index is -0.129. The molecule has 0 radical (unpaired) electrons. The van der Waals surface area contributed by atoms with Crippen molar-refractivity contribution in [2.45, 2.75) is 84.7 Å². The van der Waals surface area contributed by atoms with Crippen LogP contribution < -0.4 is 0 Å². The second kappa shape index (κ2) is 5.57. The number of hydrogen-bond acceptors (Lipinski definition) is 3. The smallest absolute Gasteiger partial charge is 0.302 e. The van der Waals surface area contributed by atoms with Crippen molar-refractivity contribution < 1.29 is 14.3 Å². The SMILES string of the molecule is CC(=O)O[C@@H]1CC[C@@]2(C)[C@@H](CC[C@H]3C4CCC(=O)[C@@]4(C)CC[C@@H]32)C1. The summed E-state index contributed by atoms with van der Waals surface area (Å²) in [4.78, 5) is 23.8. The molecule has 0 saturated heterocycles. The van der Waals surface area contributed by atoms with E-state index in [1.54, 1.807) is 0 Å². The van der Waals surface area contributed by atoms with Crippen LogP contribution in [0.1, 0.15) is 78.6 Å². The Balaban J connectivity index is 1.54. The van der Waals surface area contributed by atoms with Crippen LogP contribution in [0.2, 0.25) is 0 Å². The van der Waals surface area contributed by atoms with Gasteiger partial charge >= 0.3 is 5.97 Å². The topological polar surface area (TPSA) is 43.4 Å². The molecule has 4 aliphatic carbocycles. The van der Waals surface area contributed by atoms with E-state index in [1.807, 2.05) is 0 Å². The average Bonchev–Trinajstić information content (AvgIpc) is 2.83. The summed E-state index contributed by atoms with van der Waals surface area (Å²) in [5, 5.41) is 0. The van der Waals surface area contributed by atoms with Crippen molar-refractivity contribution in [2.24, 2.45) is 34.5 Å². The summed E-state index contributed by atoms with van der Waals surface area (Å²) in [5.74, 6) is 3.26. The van der Waals surface area contributed by atoms with Crippen molar-refractivity contribution in [1.82, 2.24) is 0 Å². The molecule has 0 aromatic rings. The van der Waals surface area contributed by atoms with Gasteiger partial charge in [0.2, 0.25) is 0 Å². The molecule has 0 N–H and O–H groups in total. The molecule has 0 aromatic carbocycles. The van der Waals surface area contributed by atoms with Gasteiger partial charge in [-0.2, -0.15) is 0 Å². The molecule has 134 valence electrons. The van der Waals surface area contributed by atoms with Gasteiger partial charge < -0.3 is 4.74 Å². The Morgan fingerprint density at radius 2 is 1.83 bits per heavy atom. The molecular formula is C21H32O3. The van der Waals surface area contributed by atoms with Gasteiger partial charge in [-0.05, 0) is 80.5 Å². The highest BCUT2D eigenvalue weighted by Gasteiger charge is 2.60. The molecule has 0 aromatic heterocycles. The summed E-state index contributed by atoms with van der Waals surface area (Å²) in [6.45, 7) is 6.30. The quantitative estimate of drug-likeness (QED) is 0.663. The van der Waals surface area contributed by atoms with Gasteiger partial charge in [0.1, 0.15) is 11.9 Å². The number of esters is 1. The molecule has 7 atom stereocenters. The zero-order chi connectivity index (χ0) is 17.1. The summed E-state index contributed by atoms with van der Waals surface area (Å²) in [6.07, 6.45) is 10.2. The lowest BCUT2D eigenvalue weighted by molar-refractivity contribution is -0.160. The van der Waals surface area contributed by atoms with E-state index in [1.165, 1.54) is 32.6 Å². The van der Waals surface area contributed by atoms with Crippen molar-refractivity contribution in [3.8, 4) is 0 Å². The van der Waals surface area contributed by atoms with E-state index in [0.29, 0.717) is 23.0 Å². The molecule has 0 spiro atoms. The highest BCUT2D eigenvalue weighted by atomic mass is 16.5. The van der Waals surface area contributed by atoms with Crippen LogP contribution in [0.3, 0.4) is 0 Å². The third-order valence-corrected chi connectivity index (χ3v) is 8.66. The first-order chi connectivity index (χ1) is 11.3. The van der Waals surface area contributed by atoms with Crippen LogP contribution in [0.5, 0.6) is 0 Å². The van der Waals surface area contributed by atoms with Gasteiger partial charge in [-0.1, -0.05) is 13.8 Å². The maximum atomic E-state index is 12.5. The summed E-state index contributed by atoms with van der Waals surface area (Å²) >= 11 is 0. The Bertz CT molecular complexity index is 555. The molecule has 4 saturated carbocycles. The number of Topliss-reactive ketones (excluding diaryl/α,β-unsaturated/α-hetero) is 1. The number of ether oxygens (including phenoxy) is 1. The minimum absolute atomic E-state index is 0.0146. The van der Waals surface area contributed by atoms with Crippen molar-refractivity contribution >= 4 is 11.8 Å². The fourth-order valence-electron chi connectivity index (χ4n) is 7.33. The number of carbonyl (C=O) groups is 2. The number of hydrogen-bond donors (Lipinski definition) is 0. The maximum Gasteiger partial charge on any atom is 0.302 e. The van der Waals surface area contributed by atoms with E-state index in [-0.39, 0.29) is 17.5 Å². The Kier molecular flexibility index (Phi) is 3.85. The van der Waals surface area contributed by atoms with Crippen LogP contribution in [0.15, 0.2) is 0 Å². The standard InChI is InChI=1S/C21H32O3/c1-13(22)24-15-8-10-20(2)14(12-15)4-5-16-17-6-7-19(23)21(17,3)11-9-18(16)20/h14-18H,4-12H2,1-3H3/t14-,15+,16-,17?,18-,20-,21-/m0/s1. The monoisotopic (exact) mass is 332 g/mol. The molecule has 1 unspecified atom stereocenters. The number of fused-ring (bicyclic) bond motifs is 5. The highest BCUT2D eigenvalue weighted by molar-refractivity contribution is 5.87. The molecule has 0 bridgehead atoms. The molecule has 4 rings (SSSR count). The van der Waals surface area contributed by atoms with Gasteiger partial charge in [0.15, 0.2) is 0 Å². The van der Waals surface area contributed by atoms with Crippen LogP contribution in [-0.4, -0.2) is 17.9 Å². The van der Waals surface area contributed by atoms with Crippen molar-refractivity contribution in [3.05, 3.63) is 0 Å². The second-order valence-corrected chi connectivity index (χ2v) is 9.58. The van der Waals surface area contributed by atoms with Gasteiger partial charge in [0, 0.05) is 18.8 Å². The molecule has 24 heavy (non-hydrogen) atoms. The highest BCUT2D eigenvalue weighted by Crippen LogP contribution is 2.65. The summed E-state index contributed by atoms with van der Waals surface area (Å²) in [7, 11) is 0. The largest absolute Gasteiger partial charge is 0.463 e. The molecular weight excluding hydrogens is 300 g/mol. The van der Waals surface area contributed by atoms with Gasteiger partial charge in [0.05, 0.1) is 0 Å². The van der Waals surface area contributed by atoms with Crippen LogP contribution >= 0.6 is 0 Å². The predicted molar refractivity (Wildman–Crippen MR) is 92.3 cm³/mol. The predicted octanol–water partition coefficient (Wildman–Crippen LogP) is 4.53. The van der Waals surface area contributed by atoms with E-state index < -0.39 is 0 Å². The molecule has 4 aliphatic rings. The van der Waals surface area contributed by atoms with Gasteiger partial charge in [-0.15, -0.1) is 0 Å². The first-order valence-corrected chi connectivity index (χ1v) is 10.0. The van der Waals surface area contributed by atoms with E-state index in [4.69, 9.17) is 4.74 Å². The Labute approximate surface area is 145 Å². The molecule has 3 nitrogen and oxygen atoms in total. The van der Waals surface area contributed by atoms with E-state index >= 15 is 0 Å². The third kappa shape index (κ3) is 2.29. The molecule has 0 aliphatic heterocycles. The molecule has 3 heteroatoms. The van der Waals surface area contributed by atoms with Crippen LogP contribution in [0.25, 0.3) is 0 Å². The third-order valence-electron chi connectivity index (χ3n) is 8.66. The molecule has 0 heterocycles. The second-order valence-electron chi connectivity index (χ2n) is 9.58. The minimum Gasteiger partial charge on any atom is -0.463 e. The lowest BCUT2D eigenvalue weighted by Gasteiger charge is -2.60. The molecule has 0 amide bonds. The summed E-state index contributed by atoms with van der Waals surface area (Å²) in [5.41, 5.74) is 0.381. The lowest BCUT2D eigenvalue weighted by Crippen LogP contribution is -2.54. The molecule has 4 fully saturated rings. The lowest BCUT2D eigenvalue weighted by atomic mass is 9.45.